The van der Waals surface area contributed by atoms with Crippen molar-refractivity contribution in [3.8, 4) is 0 Å². The van der Waals surface area contributed by atoms with E-state index in [1.165, 1.54) is 11.1 Å². The van der Waals surface area contributed by atoms with Crippen molar-refractivity contribution in [3.05, 3.63) is 70.2 Å². The second-order valence-corrected chi connectivity index (χ2v) is 6.67. The minimum atomic E-state index is 0.0176. The Hall–Kier alpha value is -1.45. The summed E-state index contributed by atoms with van der Waals surface area (Å²) in [6.07, 6.45) is 0.336. The van der Waals surface area contributed by atoms with Crippen molar-refractivity contribution in [1.29, 1.82) is 0 Å². The molecule has 0 saturated heterocycles. The summed E-state index contributed by atoms with van der Waals surface area (Å²) in [5, 5.41) is 3.58. The van der Waals surface area contributed by atoms with E-state index in [4.69, 9.17) is 11.6 Å². The van der Waals surface area contributed by atoms with Gasteiger partial charge in [0.15, 0.2) is 0 Å². The summed E-state index contributed by atoms with van der Waals surface area (Å²) in [4.78, 5) is 11.9. The number of thioether (sulfide) groups is 1. The van der Waals surface area contributed by atoms with E-state index < -0.39 is 0 Å². The first kappa shape index (κ1) is 16.9. The molecule has 2 aromatic carbocycles. The van der Waals surface area contributed by atoms with Crippen molar-refractivity contribution in [2.75, 3.05) is 12.3 Å². The van der Waals surface area contributed by atoms with E-state index >= 15 is 0 Å². The highest BCUT2D eigenvalue weighted by Gasteiger charge is 2.05. The Morgan fingerprint density at radius 3 is 2.59 bits per heavy atom. The van der Waals surface area contributed by atoms with Gasteiger partial charge in [0.05, 0.1) is 6.42 Å². The third-order valence-electron chi connectivity index (χ3n) is 3.27. The van der Waals surface area contributed by atoms with Crippen molar-refractivity contribution < 1.29 is 4.79 Å². The molecule has 4 heteroatoms. The zero-order valence-corrected chi connectivity index (χ0v) is 14.2. The first-order valence-corrected chi connectivity index (χ1v) is 8.82. The topological polar surface area (TPSA) is 29.1 Å². The second-order valence-electron chi connectivity index (χ2n) is 5.16. The van der Waals surface area contributed by atoms with Crippen LogP contribution in [0.3, 0.4) is 0 Å². The van der Waals surface area contributed by atoms with Crippen LogP contribution in [0.2, 0.25) is 5.02 Å². The molecule has 0 aromatic heterocycles. The average molecular weight is 334 g/mol. The van der Waals surface area contributed by atoms with E-state index in [1.807, 2.05) is 36.0 Å². The van der Waals surface area contributed by atoms with E-state index in [0.29, 0.717) is 18.0 Å². The lowest BCUT2D eigenvalue weighted by atomic mass is 10.1. The van der Waals surface area contributed by atoms with Crippen LogP contribution in [-0.2, 0) is 17.0 Å². The average Bonchev–Trinajstić information content (AvgIpc) is 2.51. The van der Waals surface area contributed by atoms with Crippen LogP contribution >= 0.6 is 23.4 Å². The fourth-order valence-electron chi connectivity index (χ4n) is 2.01. The van der Waals surface area contributed by atoms with Gasteiger partial charge in [-0.15, -0.1) is 0 Å². The zero-order chi connectivity index (χ0) is 15.8. The molecule has 1 amide bonds. The highest BCUT2D eigenvalue weighted by Crippen LogP contribution is 2.15. The molecule has 2 nitrogen and oxygen atoms in total. The summed E-state index contributed by atoms with van der Waals surface area (Å²) in [6.45, 7) is 2.77. The summed E-state index contributed by atoms with van der Waals surface area (Å²) in [6, 6.07) is 16.0. The number of amides is 1. The lowest BCUT2D eigenvalue weighted by Crippen LogP contribution is -2.27. The van der Waals surface area contributed by atoms with E-state index in [1.54, 1.807) is 0 Å². The summed E-state index contributed by atoms with van der Waals surface area (Å²) in [5.74, 6) is 1.90. The van der Waals surface area contributed by atoms with Crippen LogP contribution in [0.25, 0.3) is 0 Å². The largest absolute Gasteiger partial charge is 0.355 e. The predicted octanol–water partition coefficient (Wildman–Crippen LogP) is 4.24. The predicted molar refractivity (Wildman–Crippen MR) is 95.5 cm³/mol. The van der Waals surface area contributed by atoms with Gasteiger partial charge < -0.3 is 5.32 Å². The molecule has 116 valence electrons. The van der Waals surface area contributed by atoms with Gasteiger partial charge in [0, 0.05) is 23.1 Å². The first-order valence-electron chi connectivity index (χ1n) is 7.28. The Bertz CT molecular complexity index is 613. The van der Waals surface area contributed by atoms with Crippen molar-refractivity contribution >= 4 is 29.3 Å². The maximum atomic E-state index is 11.9. The van der Waals surface area contributed by atoms with Crippen molar-refractivity contribution in [2.45, 2.75) is 19.1 Å². The number of rotatable bonds is 7. The van der Waals surface area contributed by atoms with Gasteiger partial charge in [0.2, 0.25) is 5.91 Å². The molecule has 0 radical (unpaired) electrons. The maximum absolute atomic E-state index is 11.9. The number of carbonyl (C=O) groups excluding carboxylic acids is 1. The van der Waals surface area contributed by atoms with Gasteiger partial charge in [-0.1, -0.05) is 59.6 Å². The quantitative estimate of drug-likeness (QED) is 0.768. The molecule has 0 aliphatic heterocycles. The Kier molecular flexibility index (Phi) is 6.81. The molecule has 0 spiro atoms. The van der Waals surface area contributed by atoms with Crippen molar-refractivity contribution in [2.24, 2.45) is 0 Å². The molecule has 0 heterocycles. The monoisotopic (exact) mass is 333 g/mol. The molecule has 0 aliphatic rings. The van der Waals surface area contributed by atoms with E-state index in [9.17, 15) is 4.79 Å². The summed E-state index contributed by atoms with van der Waals surface area (Å²) in [5.41, 5.74) is 3.47. The number of hydrogen-bond acceptors (Lipinski definition) is 2. The molecule has 1 N–H and O–H groups in total. The highest BCUT2D eigenvalue weighted by molar-refractivity contribution is 7.98. The molecule has 2 aromatic rings. The number of carbonyl (C=O) groups is 1. The Morgan fingerprint density at radius 2 is 1.86 bits per heavy atom. The molecular formula is C18H20ClNOS. The van der Waals surface area contributed by atoms with Gasteiger partial charge in [-0.25, -0.2) is 0 Å². The van der Waals surface area contributed by atoms with Crippen LogP contribution in [0.5, 0.6) is 0 Å². The van der Waals surface area contributed by atoms with Crippen LogP contribution < -0.4 is 5.32 Å². The van der Waals surface area contributed by atoms with Gasteiger partial charge in [0.1, 0.15) is 0 Å². The van der Waals surface area contributed by atoms with Gasteiger partial charge >= 0.3 is 0 Å². The lowest BCUT2D eigenvalue weighted by molar-refractivity contribution is -0.120. The summed E-state index contributed by atoms with van der Waals surface area (Å²) < 4.78 is 0. The van der Waals surface area contributed by atoms with Gasteiger partial charge in [0.25, 0.3) is 0 Å². The van der Waals surface area contributed by atoms with Gasteiger partial charge in [-0.05, 0) is 24.1 Å². The zero-order valence-electron chi connectivity index (χ0n) is 12.6. The summed E-state index contributed by atoms with van der Waals surface area (Å²) >= 11 is 7.87. The van der Waals surface area contributed by atoms with Crippen molar-refractivity contribution in [3.63, 3.8) is 0 Å². The molecule has 0 bridgehead atoms. The maximum Gasteiger partial charge on any atom is 0.224 e. The molecule has 2 rings (SSSR count). The van der Waals surface area contributed by atoms with Gasteiger partial charge in [-0.3, -0.25) is 4.79 Å². The third kappa shape index (κ3) is 5.74. The molecule has 0 aliphatic carbocycles. The normalized spacial score (nSPS) is 10.5. The van der Waals surface area contributed by atoms with Gasteiger partial charge in [-0.2, -0.15) is 11.8 Å². The smallest absolute Gasteiger partial charge is 0.224 e. The first-order chi connectivity index (χ1) is 10.6. The standard InChI is InChI=1S/C18H20ClNOS/c1-14-6-8-15(9-7-14)13-22-11-10-20-18(21)12-16-4-2-3-5-17(16)19/h2-9H,10-13H2,1H3,(H,20,21). The van der Waals surface area contributed by atoms with E-state index in [2.05, 4.69) is 36.5 Å². The fourth-order valence-corrected chi connectivity index (χ4v) is 3.04. The van der Waals surface area contributed by atoms with Crippen LogP contribution in [-0.4, -0.2) is 18.2 Å². The molecule has 22 heavy (non-hydrogen) atoms. The minimum Gasteiger partial charge on any atom is -0.355 e. The fraction of sp³-hybridized carbons (Fsp3) is 0.278. The minimum absolute atomic E-state index is 0.0176. The van der Waals surface area contributed by atoms with Crippen LogP contribution in [0.15, 0.2) is 48.5 Å². The van der Waals surface area contributed by atoms with E-state index in [-0.39, 0.29) is 5.91 Å². The van der Waals surface area contributed by atoms with E-state index in [0.717, 1.165) is 17.1 Å². The highest BCUT2D eigenvalue weighted by atomic mass is 35.5. The molecule has 0 unspecified atom stereocenters. The lowest BCUT2D eigenvalue weighted by Gasteiger charge is -2.07. The molecular weight excluding hydrogens is 314 g/mol. The third-order valence-corrected chi connectivity index (χ3v) is 4.67. The number of halogens is 1. The Morgan fingerprint density at radius 1 is 1.14 bits per heavy atom. The number of hydrogen-bond donors (Lipinski definition) is 1. The van der Waals surface area contributed by atoms with Crippen LogP contribution in [0, 0.1) is 6.92 Å². The number of nitrogens with one attached hydrogen (secondary N) is 1. The second kappa shape index (κ2) is 8.86. The number of aryl methyl sites for hydroxylation is 1. The molecule has 0 atom stereocenters. The Balaban J connectivity index is 1.63. The Labute approximate surface area is 141 Å². The van der Waals surface area contributed by atoms with Crippen LogP contribution in [0.4, 0.5) is 0 Å². The summed E-state index contributed by atoms with van der Waals surface area (Å²) in [7, 11) is 0. The molecule has 0 fully saturated rings. The molecule has 0 saturated carbocycles. The number of benzene rings is 2. The van der Waals surface area contributed by atoms with Crippen molar-refractivity contribution in [1.82, 2.24) is 5.32 Å². The SMILES string of the molecule is Cc1ccc(CSCCNC(=O)Cc2ccccc2Cl)cc1. The van der Waals surface area contributed by atoms with Crippen LogP contribution in [0.1, 0.15) is 16.7 Å².